The lowest BCUT2D eigenvalue weighted by atomic mass is 10.1. The first kappa shape index (κ1) is 15.8. The van der Waals surface area contributed by atoms with Gasteiger partial charge in [0.2, 0.25) is 0 Å². The van der Waals surface area contributed by atoms with E-state index >= 15 is 0 Å². The predicted octanol–water partition coefficient (Wildman–Crippen LogP) is 2.93. The molecule has 0 saturated carbocycles. The summed E-state index contributed by atoms with van der Waals surface area (Å²) in [4.78, 5) is 10.3. The number of carbonyl (C=O) groups excluding carboxylic acids is 1. The van der Waals surface area contributed by atoms with E-state index in [0.29, 0.717) is 13.4 Å². The van der Waals surface area contributed by atoms with Crippen molar-refractivity contribution in [2.24, 2.45) is 5.92 Å². The average molecular weight is 246 g/mol. The van der Waals surface area contributed by atoms with Crippen molar-refractivity contribution in [2.45, 2.75) is 45.5 Å². The van der Waals surface area contributed by atoms with Crippen molar-refractivity contribution in [2.75, 3.05) is 20.0 Å². The third-order valence-electron chi connectivity index (χ3n) is 2.34. The van der Waals surface area contributed by atoms with Crippen LogP contribution in [0.15, 0.2) is 0 Å². The first-order valence-corrected chi connectivity index (χ1v) is 9.77. The molecule has 0 heterocycles. The fraction of sp³-hybridized carbons (Fsp3) is 0.917. The van der Waals surface area contributed by atoms with Crippen molar-refractivity contribution in [1.29, 1.82) is 0 Å². The van der Waals surface area contributed by atoms with Crippen LogP contribution in [0.3, 0.4) is 0 Å². The van der Waals surface area contributed by atoms with E-state index in [2.05, 4.69) is 19.6 Å². The third-order valence-corrected chi connectivity index (χ3v) is 4.05. The molecule has 1 atom stereocenters. The lowest BCUT2D eigenvalue weighted by Crippen LogP contribution is -2.22. The third kappa shape index (κ3) is 11.9. The molecule has 4 heteroatoms. The maximum absolute atomic E-state index is 10.3. The number of aldehydes is 1. The molecule has 0 unspecified atom stereocenters. The molecule has 0 bridgehead atoms. The molecule has 0 aromatic heterocycles. The van der Waals surface area contributed by atoms with Gasteiger partial charge in [0.15, 0.2) is 0 Å². The van der Waals surface area contributed by atoms with Gasteiger partial charge in [-0.15, -0.1) is 0 Å². The maximum atomic E-state index is 10.3. The number of ether oxygens (including phenoxy) is 2. The summed E-state index contributed by atoms with van der Waals surface area (Å²) in [5.41, 5.74) is 0. The Morgan fingerprint density at radius 3 is 2.38 bits per heavy atom. The van der Waals surface area contributed by atoms with Crippen LogP contribution in [-0.2, 0) is 14.3 Å². The smallest absolute Gasteiger partial charge is 0.146 e. The van der Waals surface area contributed by atoms with E-state index in [9.17, 15) is 4.79 Å². The Bertz CT molecular complexity index is 178. The first-order valence-electron chi connectivity index (χ1n) is 6.06. The monoisotopic (exact) mass is 246 g/mol. The van der Waals surface area contributed by atoms with E-state index in [-0.39, 0.29) is 5.92 Å². The predicted molar refractivity (Wildman–Crippen MR) is 69.4 cm³/mol. The number of rotatable bonds is 10. The van der Waals surface area contributed by atoms with Crippen LogP contribution in [0.5, 0.6) is 0 Å². The Morgan fingerprint density at radius 2 is 1.81 bits per heavy atom. The van der Waals surface area contributed by atoms with Gasteiger partial charge in [0.25, 0.3) is 0 Å². The average Bonchev–Trinajstić information content (AvgIpc) is 2.20. The van der Waals surface area contributed by atoms with E-state index < -0.39 is 8.07 Å². The van der Waals surface area contributed by atoms with Crippen LogP contribution in [0.25, 0.3) is 0 Å². The second-order valence-electron chi connectivity index (χ2n) is 5.50. The number of hydrogen-bond donors (Lipinski definition) is 0. The van der Waals surface area contributed by atoms with Crippen LogP contribution in [-0.4, -0.2) is 34.4 Å². The summed E-state index contributed by atoms with van der Waals surface area (Å²) in [5, 5.41) is 0. The van der Waals surface area contributed by atoms with Crippen molar-refractivity contribution in [3.8, 4) is 0 Å². The van der Waals surface area contributed by atoms with E-state index in [4.69, 9.17) is 9.47 Å². The number of hydrogen-bond acceptors (Lipinski definition) is 3. The molecule has 0 radical (unpaired) electrons. The van der Waals surface area contributed by atoms with Crippen LogP contribution >= 0.6 is 0 Å². The molecule has 16 heavy (non-hydrogen) atoms. The van der Waals surface area contributed by atoms with Crippen LogP contribution in [0.1, 0.15) is 19.8 Å². The molecule has 0 amide bonds. The van der Waals surface area contributed by atoms with Crippen LogP contribution in [0, 0.1) is 5.92 Å². The van der Waals surface area contributed by atoms with Crippen LogP contribution < -0.4 is 0 Å². The van der Waals surface area contributed by atoms with Crippen molar-refractivity contribution >= 4 is 14.4 Å². The van der Waals surface area contributed by atoms with Gasteiger partial charge in [-0.05, 0) is 18.9 Å². The summed E-state index contributed by atoms with van der Waals surface area (Å²) in [5.74, 6) is 0.149. The SMILES string of the molecule is C[C@H](C=O)CCCOCOCC[Si](C)(C)C. The molecule has 0 aliphatic carbocycles. The van der Waals surface area contributed by atoms with Gasteiger partial charge < -0.3 is 14.3 Å². The molecule has 96 valence electrons. The van der Waals surface area contributed by atoms with Crippen LogP contribution in [0.4, 0.5) is 0 Å². The van der Waals surface area contributed by atoms with Crippen molar-refractivity contribution < 1.29 is 14.3 Å². The normalized spacial score (nSPS) is 13.8. The summed E-state index contributed by atoms with van der Waals surface area (Å²) >= 11 is 0. The molecule has 0 aromatic rings. The Morgan fingerprint density at radius 1 is 1.19 bits per heavy atom. The molecule has 0 fully saturated rings. The van der Waals surface area contributed by atoms with Crippen molar-refractivity contribution in [3.63, 3.8) is 0 Å². The second kappa shape index (κ2) is 8.90. The molecule has 3 nitrogen and oxygen atoms in total. The first-order chi connectivity index (χ1) is 7.45. The second-order valence-corrected chi connectivity index (χ2v) is 11.1. The minimum Gasteiger partial charge on any atom is -0.356 e. The zero-order valence-electron chi connectivity index (χ0n) is 11.1. The highest BCUT2D eigenvalue weighted by Gasteiger charge is 2.11. The lowest BCUT2D eigenvalue weighted by molar-refractivity contribution is -0.111. The zero-order chi connectivity index (χ0) is 12.4. The van der Waals surface area contributed by atoms with E-state index in [0.717, 1.165) is 25.7 Å². The highest BCUT2D eigenvalue weighted by molar-refractivity contribution is 6.76. The molecular weight excluding hydrogens is 220 g/mol. The highest BCUT2D eigenvalue weighted by Crippen LogP contribution is 2.07. The van der Waals surface area contributed by atoms with Crippen molar-refractivity contribution in [1.82, 2.24) is 0 Å². The Balaban J connectivity index is 3.13. The Labute approximate surface area is 101 Å². The Kier molecular flexibility index (Phi) is 8.79. The largest absolute Gasteiger partial charge is 0.356 e. The van der Waals surface area contributed by atoms with Crippen LogP contribution in [0.2, 0.25) is 25.7 Å². The fourth-order valence-corrected chi connectivity index (χ4v) is 1.89. The van der Waals surface area contributed by atoms with Gasteiger partial charge >= 0.3 is 0 Å². The molecule has 0 N–H and O–H groups in total. The fourth-order valence-electron chi connectivity index (χ4n) is 1.13. The summed E-state index contributed by atoms with van der Waals surface area (Å²) in [6.45, 7) is 10.8. The summed E-state index contributed by atoms with van der Waals surface area (Å²) in [6, 6.07) is 1.18. The standard InChI is InChI=1S/C12H26O3Si/c1-12(10-13)6-5-7-14-11-15-8-9-16(2,3)4/h10,12H,5-9,11H2,1-4H3/t12-/m0/s1. The van der Waals surface area contributed by atoms with Gasteiger partial charge in [0.1, 0.15) is 13.1 Å². The lowest BCUT2D eigenvalue weighted by Gasteiger charge is -2.15. The highest BCUT2D eigenvalue weighted by atomic mass is 28.3. The van der Waals surface area contributed by atoms with E-state index in [1.165, 1.54) is 6.04 Å². The van der Waals surface area contributed by atoms with E-state index in [1.807, 2.05) is 6.92 Å². The number of carbonyl (C=O) groups is 1. The van der Waals surface area contributed by atoms with Gasteiger partial charge in [0.05, 0.1) is 0 Å². The van der Waals surface area contributed by atoms with Crippen molar-refractivity contribution in [3.05, 3.63) is 0 Å². The van der Waals surface area contributed by atoms with Gasteiger partial charge in [-0.1, -0.05) is 26.6 Å². The minimum absolute atomic E-state index is 0.149. The minimum atomic E-state index is -0.972. The molecular formula is C12H26O3Si. The topological polar surface area (TPSA) is 35.5 Å². The molecule has 0 aromatic carbocycles. The Hall–Kier alpha value is -0.193. The van der Waals surface area contributed by atoms with Gasteiger partial charge in [-0.25, -0.2) is 0 Å². The molecule has 0 rings (SSSR count). The maximum Gasteiger partial charge on any atom is 0.146 e. The molecule has 0 spiro atoms. The molecule has 0 aliphatic heterocycles. The summed E-state index contributed by atoms with van der Waals surface area (Å²) in [7, 11) is -0.972. The molecule has 0 saturated heterocycles. The summed E-state index contributed by atoms with van der Waals surface area (Å²) in [6.07, 6.45) is 2.82. The van der Waals surface area contributed by atoms with Gasteiger partial charge in [-0.2, -0.15) is 0 Å². The van der Waals surface area contributed by atoms with Gasteiger partial charge in [0, 0.05) is 27.2 Å². The van der Waals surface area contributed by atoms with E-state index in [1.54, 1.807) is 0 Å². The quantitative estimate of drug-likeness (QED) is 0.257. The zero-order valence-corrected chi connectivity index (χ0v) is 12.1. The summed E-state index contributed by atoms with van der Waals surface area (Å²) < 4.78 is 10.7. The van der Waals surface area contributed by atoms with Gasteiger partial charge in [-0.3, -0.25) is 0 Å². The molecule has 0 aliphatic rings.